The maximum absolute atomic E-state index is 11.8. The Kier molecular flexibility index (Phi) is 4.45. The Morgan fingerprint density at radius 2 is 2.00 bits per heavy atom. The molecule has 0 radical (unpaired) electrons. The lowest BCUT2D eigenvalue weighted by molar-refractivity contribution is 0.347. The van der Waals surface area contributed by atoms with E-state index >= 15 is 0 Å². The standard InChI is InChI=1S/C8H17N3O2S2/c1-10-3-2-4-11(6-5-10)15(12,13)7-8(9)14/h2-7H2,1H3,(H2,9,14). The fourth-order valence-corrected chi connectivity index (χ4v) is 3.33. The quantitative estimate of drug-likeness (QED) is 0.668. The summed E-state index contributed by atoms with van der Waals surface area (Å²) in [6, 6.07) is 0. The lowest BCUT2D eigenvalue weighted by Gasteiger charge is -2.19. The van der Waals surface area contributed by atoms with Gasteiger partial charge < -0.3 is 10.6 Å². The van der Waals surface area contributed by atoms with Crippen LogP contribution in [0.2, 0.25) is 0 Å². The maximum atomic E-state index is 11.8. The summed E-state index contributed by atoms with van der Waals surface area (Å²) in [6.07, 6.45) is 0.854. The highest BCUT2D eigenvalue weighted by atomic mass is 32.2. The molecular formula is C8H17N3O2S2. The molecule has 0 aliphatic carbocycles. The van der Waals surface area contributed by atoms with E-state index in [4.69, 9.17) is 5.73 Å². The van der Waals surface area contributed by atoms with Crippen molar-refractivity contribution >= 4 is 27.2 Å². The van der Waals surface area contributed by atoms with Crippen LogP contribution in [-0.4, -0.2) is 61.6 Å². The number of sulfonamides is 1. The summed E-state index contributed by atoms with van der Waals surface area (Å²) in [5, 5.41) is 0. The number of hydrogen-bond acceptors (Lipinski definition) is 4. The van der Waals surface area contributed by atoms with Crippen molar-refractivity contribution in [2.45, 2.75) is 6.42 Å². The zero-order valence-corrected chi connectivity index (χ0v) is 10.5. The van der Waals surface area contributed by atoms with Gasteiger partial charge >= 0.3 is 0 Å². The van der Waals surface area contributed by atoms with Gasteiger partial charge in [0.25, 0.3) is 0 Å². The molecule has 1 fully saturated rings. The molecule has 0 saturated carbocycles. The number of hydrogen-bond donors (Lipinski definition) is 1. The van der Waals surface area contributed by atoms with Crippen LogP contribution in [0, 0.1) is 0 Å². The summed E-state index contributed by atoms with van der Waals surface area (Å²) < 4.78 is 25.1. The van der Waals surface area contributed by atoms with Crippen molar-refractivity contribution in [3.8, 4) is 0 Å². The lowest BCUT2D eigenvalue weighted by atomic mass is 10.4. The highest BCUT2D eigenvalue weighted by Gasteiger charge is 2.24. The van der Waals surface area contributed by atoms with Crippen molar-refractivity contribution in [2.24, 2.45) is 5.73 Å². The van der Waals surface area contributed by atoms with Crippen molar-refractivity contribution in [1.82, 2.24) is 9.21 Å². The highest BCUT2D eigenvalue weighted by molar-refractivity contribution is 7.92. The summed E-state index contributed by atoms with van der Waals surface area (Å²) in [4.78, 5) is 2.16. The first kappa shape index (κ1) is 12.8. The minimum absolute atomic E-state index is 0.0348. The summed E-state index contributed by atoms with van der Waals surface area (Å²) in [7, 11) is -1.30. The van der Waals surface area contributed by atoms with Crippen LogP contribution in [0.3, 0.4) is 0 Å². The van der Waals surface area contributed by atoms with Gasteiger partial charge in [-0.3, -0.25) is 0 Å². The summed E-state index contributed by atoms with van der Waals surface area (Å²) in [5.74, 6) is -0.216. The predicted molar refractivity (Wildman–Crippen MR) is 64.3 cm³/mol. The lowest BCUT2D eigenvalue weighted by Crippen LogP contribution is -2.39. The summed E-state index contributed by atoms with van der Waals surface area (Å²) in [6.45, 7) is 2.78. The normalized spacial score (nSPS) is 21.1. The van der Waals surface area contributed by atoms with Gasteiger partial charge in [-0.2, -0.15) is 0 Å². The van der Waals surface area contributed by atoms with E-state index in [9.17, 15) is 8.42 Å². The fourth-order valence-electron chi connectivity index (χ4n) is 1.57. The van der Waals surface area contributed by atoms with Gasteiger partial charge in [-0.05, 0) is 20.0 Å². The van der Waals surface area contributed by atoms with Crippen molar-refractivity contribution in [2.75, 3.05) is 39.0 Å². The van der Waals surface area contributed by atoms with E-state index in [0.717, 1.165) is 19.5 Å². The number of thiocarbonyl (C=S) groups is 1. The first-order valence-corrected chi connectivity index (χ1v) is 6.88. The van der Waals surface area contributed by atoms with E-state index < -0.39 is 10.0 Å². The smallest absolute Gasteiger partial charge is 0.220 e. The third kappa shape index (κ3) is 4.02. The second-order valence-corrected chi connectivity index (χ2v) is 6.27. The molecule has 1 rings (SSSR count). The topological polar surface area (TPSA) is 66.6 Å². The molecule has 5 nitrogen and oxygen atoms in total. The van der Waals surface area contributed by atoms with Crippen LogP contribution < -0.4 is 5.73 Å². The molecule has 1 heterocycles. The third-order valence-electron chi connectivity index (χ3n) is 2.40. The monoisotopic (exact) mass is 251 g/mol. The maximum Gasteiger partial charge on any atom is 0.220 e. The number of likely N-dealkylation sites (N-methyl/N-ethyl adjacent to an activating group) is 1. The van der Waals surface area contributed by atoms with Crippen LogP contribution in [0.1, 0.15) is 6.42 Å². The molecule has 0 atom stereocenters. The predicted octanol–water partition coefficient (Wildman–Crippen LogP) is -0.760. The van der Waals surface area contributed by atoms with Crippen molar-refractivity contribution in [3.05, 3.63) is 0 Å². The molecular weight excluding hydrogens is 234 g/mol. The van der Waals surface area contributed by atoms with Crippen LogP contribution >= 0.6 is 12.2 Å². The molecule has 1 saturated heterocycles. The van der Waals surface area contributed by atoms with Gasteiger partial charge in [-0.1, -0.05) is 12.2 Å². The Morgan fingerprint density at radius 3 is 2.60 bits per heavy atom. The Balaban J connectivity index is 2.66. The van der Waals surface area contributed by atoms with Crippen LogP contribution in [0.4, 0.5) is 0 Å². The molecule has 0 aromatic carbocycles. The first-order valence-electron chi connectivity index (χ1n) is 4.86. The molecule has 0 amide bonds. The van der Waals surface area contributed by atoms with E-state index in [2.05, 4.69) is 17.1 Å². The van der Waals surface area contributed by atoms with E-state index in [1.165, 1.54) is 4.31 Å². The number of nitrogens with two attached hydrogens (primary N) is 1. The highest BCUT2D eigenvalue weighted by Crippen LogP contribution is 2.07. The van der Waals surface area contributed by atoms with Gasteiger partial charge in [0.15, 0.2) is 0 Å². The van der Waals surface area contributed by atoms with Gasteiger partial charge in [0.05, 0.1) is 4.99 Å². The van der Waals surface area contributed by atoms with Gasteiger partial charge in [0.1, 0.15) is 5.75 Å². The van der Waals surface area contributed by atoms with Crippen molar-refractivity contribution in [1.29, 1.82) is 0 Å². The molecule has 0 spiro atoms. The largest absolute Gasteiger partial charge is 0.392 e. The summed E-state index contributed by atoms with van der Waals surface area (Å²) >= 11 is 4.63. The van der Waals surface area contributed by atoms with E-state index in [1.54, 1.807) is 0 Å². The fraction of sp³-hybridized carbons (Fsp3) is 0.875. The Morgan fingerprint density at radius 1 is 1.33 bits per heavy atom. The molecule has 0 aromatic heterocycles. The van der Waals surface area contributed by atoms with Crippen molar-refractivity contribution < 1.29 is 8.42 Å². The SMILES string of the molecule is CN1CCCN(S(=O)(=O)CC(N)=S)CC1. The molecule has 7 heteroatoms. The molecule has 0 unspecified atom stereocenters. The van der Waals surface area contributed by atoms with Gasteiger partial charge in [-0.25, -0.2) is 12.7 Å². The number of rotatable bonds is 3. The minimum atomic E-state index is -3.29. The molecule has 15 heavy (non-hydrogen) atoms. The van der Waals surface area contributed by atoms with E-state index in [0.29, 0.717) is 13.1 Å². The molecule has 0 aromatic rings. The van der Waals surface area contributed by atoms with Crippen LogP contribution in [0.15, 0.2) is 0 Å². The Labute approximate surface area is 96.3 Å². The molecule has 1 aliphatic rings. The zero-order valence-electron chi connectivity index (χ0n) is 8.85. The second-order valence-electron chi connectivity index (χ2n) is 3.78. The van der Waals surface area contributed by atoms with E-state index in [1.807, 2.05) is 7.05 Å². The first-order chi connectivity index (χ1) is 6.92. The van der Waals surface area contributed by atoms with Gasteiger partial charge in [0, 0.05) is 19.6 Å². The van der Waals surface area contributed by atoms with Crippen LogP contribution in [0.5, 0.6) is 0 Å². The average molecular weight is 251 g/mol. The molecule has 0 bridgehead atoms. The van der Waals surface area contributed by atoms with Gasteiger partial charge in [0.2, 0.25) is 10.0 Å². The second kappa shape index (κ2) is 5.20. The van der Waals surface area contributed by atoms with Crippen LogP contribution in [0.25, 0.3) is 0 Å². The van der Waals surface area contributed by atoms with Crippen LogP contribution in [-0.2, 0) is 10.0 Å². The summed E-state index contributed by atoms with van der Waals surface area (Å²) in [5.41, 5.74) is 5.27. The van der Waals surface area contributed by atoms with E-state index in [-0.39, 0.29) is 10.7 Å². The average Bonchev–Trinajstić information content (AvgIpc) is 2.27. The molecule has 2 N–H and O–H groups in total. The van der Waals surface area contributed by atoms with Crippen molar-refractivity contribution in [3.63, 3.8) is 0 Å². The Hall–Kier alpha value is -0.240. The molecule has 88 valence electrons. The third-order valence-corrected chi connectivity index (χ3v) is 4.55. The Bertz CT molecular complexity index is 329. The number of nitrogens with zero attached hydrogens (tertiary/aromatic N) is 2. The molecule has 1 aliphatic heterocycles. The zero-order chi connectivity index (χ0) is 11.5. The minimum Gasteiger partial charge on any atom is -0.392 e. The van der Waals surface area contributed by atoms with Gasteiger partial charge in [-0.15, -0.1) is 0 Å².